The van der Waals surface area contributed by atoms with E-state index in [1.54, 1.807) is 0 Å². The number of carbonyl (C=O) groups excluding carboxylic acids is 2. The number of likely N-dealkylation sites (tertiary alicyclic amines) is 1. The van der Waals surface area contributed by atoms with Crippen LogP contribution in [-0.4, -0.2) is 73.8 Å². The average Bonchev–Trinajstić information content (AvgIpc) is 3.16. The van der Waals surface area contributed by atoms with E-state index in [1.165, 1.54) is 4.90 Å². The fraction of sp³-hybridized carbons (Fsp3) is 0.857. The maximum atomic E-state index is 11.9. The van der Waals surface area contributed by atoms with Gasteiger partial charge in [0.1, 0.15) is 0 Å². The van der Waals surface area contributed by atoms with Crippen molar-refractivity contribution in [1.29, 1.82) is 0 Å². The van der Waals surface area contributed by atoms with Crippen LogP contribution in [-0.2, 0) is 4.74 Å². The van der Waals surface area contributed by atoms with Crippen LogP contribution in [0.4, 0.5) is 9.59 Å². The summed E-state index contributed by atoms with van der Waals surface area (Å²) >= 11 is 0. The average molecular weight is 296 g/mol. The zero-order valence-electron chi connectivity index (χ0n) is 12.3. The monoisotopic (exact) mass is 296 g/mol. The quantitative estimate of drug-likeness (QED) is 0.781. The Kier molecular flexibility index (Phi) is 4.60. The highest BCUT2D eigenvalue weighted by Crippen LogP contribution is 2.21. The molecule has 7 nitrogen and oxygen atoms in total. The molecule has 1 atom stereocenters. The van der Waals surface area contributed by atoms with E-state index in [0.29, 0.717) is 31.6 Å². The van der Waals surface area contributed by atoms with Crippen LogP contribution in [0.25, 0.3) is 0 Å². The van der Waals surface area contributed by atoms with Crippen LogP contribution in [0.15, 0.2) is 0 Å². The number of nitrogens with one attached hydrogen (secondary N) is 2. The van der Waals surface area contributed by atoms with Gasteiger partial charge in [-0.05, 0) is 38.3 Å². The lowest BCUT2D eigenvalue weighted by Crippen LogP contribution is -2.46. The Balaban J connectivity index is 1.37. The Labute approximate surface area is 125 Å². The molecule has 21 heavy (non-hydrogen) atoms. The maximum absolute atomic E-state index is 11.9. The number of hydrogen-bond donors (Lipinski definition) is 2. The highest BCUT2D eigenvalue weighted by Gasteiger charge is 2.29. The smallest absolute Gasteiger partial charge is 0.325 e. The van der Waals surface area contributed by atoms with Gasteiger partial charge in [-0.1, -0.05) is 0 Å². The minimum atomic E-state index is -0.288. The molecule has 0 saturated carbocycles. The molecular weight excluding hydrogens is 272 g/mol. The Morgan fingerprint density at radius 2 is 2.10 bits per heavy atom. The van der Waals surface area contributed by atoms with Gasteiger partial charge >= 0.3 is 12.1 Å². The first kappa shape index (κ1) is 14.6. The molecule has 0 aromatic carbocycles. The highest BCUT2D eigenvalue weighted by atomic mass is 16.5. The van der Waals surface area contributed by atoms with E-state index in [4.69, 9.17) is 4.74 Å². The predicted molar refractivity (Wildman–Crippen MR) is 77.0 cm³/mol. The van der Waals surface area contributed by atoms with Crippen LogP contribution < -0.4 is 10.6 Å². The Morgan fingerprint density at radius 3 is 2.71 bits per heavy atom. The van der Waals surface area contributed by atoms with Crippen molar-refractivity contribution in [2.75, 3.05) is 45.9 Å². The molecule has 118 valence electrons. The van der Waals surface area contributed by atoms with Crippen molar-refractivity contribution in [3.8, 4) is 0 Å². The van der Waals surface area contributed by atoms with E-state index in [-0.39, 0.29) is 12.1 Å². The van der Waals surface area contributed by atoms with E-state index in [1.807, 2.05) is 0 Å². The third kappa shape index (κ3) is 3.47. The third-order valence-electron chi connectivity index (χ3n) is 4.72. The molecular formula is C14H24N4O3. The van der Waals surface area contributed by atoms with Crippen LogP contribution in [0.2, 0.25) is 0 Å². The topological polar surface area (TPSA) is 73.9 Å². The van der Waals surface area contributed by atoms with Gasteiger partial charge in [0.2, 0.25) is 0 Å². The van der Waals surface area contributed by atoms with Gasteiger partial charge in [-0.3, -0.25) is 4.90 Å². The van der Waals surface area contributed by atoms with Gasteiger partial charge in [-0.15, -0.1) is 0 Å². The number of carbonyl (C=O) groups is 2. The molecule has 3 heterocycles. The van der Waals surface area contributed by atoms with Gasteiger partial charge in [0.15, 0.2) is 0 Å². The summed E-state index contributed by atoms with van der Waals surface area (Å²) < 4.78 is 5.44. The maximum Gasteiger partial charge on any atom is 0.325 e. The van der Waals surface area contributed by atoms with Gasteiger partial charge in [-0.2, -0.15) is 0 Å². The number of piperidine rings is 1. The number of ether oxygens (including phenoxy) is 1. The summed E-state index contributed by atoms with van der Waals surface area (Å²) in [5.74, 6) is 0.512. The molecule has 0 aromatic rings. The molecule has 4 amide bonds. The van der Waals surface area contributed by atoms with Gasteiger partial charge in [0, 0.05) is 32.3 Å². The van der Waals surface area contributed by atoms with Crippen molar-refractivity contribution < 1.29 is 14.3 Å². The van der Waals surface area contributed by atoms with E-state index < -0.39 is 0 Å². The summed E-state index contributed by atoms with van der Waals surface area (Å²) in [7, 11) is 0. The number of rotatable bonds is 3. The molecule has 0 aromatic heterocycles. The second-order valence-corrected chi connectivity index (χ2v) is 6.07. The SMILES string of the molecule is O=C1NCCN1C(=O)NCC1CCN(C2CCOC2)CC1. The van der Waals surface area contributed by atoms with Crippen molar-refractivity contribution in [2.24, 2.45) is 5.92 Å². The summed E-state index contributed by atoms with van der Waals surface area (Å²) in [6.07, 6.45) is 3.34. The third-order valence-corrected chi connectivity index (χ3v) is 4.72. The van der Waals surface area contributed by atoms with E-state index >= 15 is 0 Å². The van der Waals surface area contributed by atoms with Crippen LogP contribution in [0.3, 0.4) is 0 Å². The summed E-state index contributed by atoms with van der Waals surface area (Å²) in [6, 6.07) is 0.0361. The largest absolute Gasteiger partial charge is 0.380 e. The molecule has 0 bridgehead atoms. The first-order valence-electron chi connectivity index (χ1n) is 7.89. The molecule has 0 aliphatic carbocycles. The highest BCUT2D eigenvalue weighted by molar-refractivity contribution is 5.94. The molecule has 1 unspecified atom stereocenters. The predicted octanol–water partition coefficient (Wildman–Crippen LogP) is 0.222. The minimum absolute atomic E-state index is 0.267. The van der Waals surface area contributed by atoms with Crippen molar-refractivity contribution in [3.63, 3.8) is 0 Å². The fourth-order valence-corrected chi connectivity index (χ4v) is 3.32. The standard InChI is InChI=1S/C14H24N4O3/c19-13-15-4-7-18(13)14(20)16-9-11-1-5-17(6-2-11)12-3-8-21-10-12/h11-12H,1-10H2,(H,15,19)(H,16,20). The molecule has 7 heteroatoms. The number of amides is 4. The van der Waals surface area contributed by atoms with E-state index in [0.717, 1.165) is 45.6 Å². The number of nitrogens with zero attached hydrogens (tertiary/aromatic N) is 2. The van der Waals surface area contributed by atoms with Crippen LogP contribution >= 0.6 is 0 Å². The molecule has 3 aliphatic heterocycles. The Hall–Kier alpha value is -1.34. The van der Waals surface area contributed by atoms with Crippen LogP contribution in [0, 0.1) is 5.92 Å². The zero-order chi connectivity index (χ0) is 14.7. The van der Waals surface area contributed by atoms with Crippen LogP contribution in [0.1, 0.15) is 19.3 Å². The fourth-order valence-electron chi connectivity index (χ4n) is 3.32. The molecule has 3 aliphatic rings. The lowest BCUT2D eigenvalue weighted by molar-refractivity contribution is 0.109. The lowest BCUT2D eigenvalue weighted by Gasteiger charge is -2.35. The van der Waals surface area contributed by atoms with Gasteiger partial charge < -0.3 is 15.4 Å². The molecule has 0 spiro atoms. The van der Waals surface area contributed by atoms with Gasteiger partial charge in [0.05, 0.1) is 6.61 Å². The summed E-state index contributed by atoms with van der Waals surface area (Å²) in [5, 5.41) is 5.53. The second kappa shape index (κ2) is 6.62. The van der Waals surface area contributed by atoms with Crippen molar-refractivity contribution in [2.45, 2.75) is 25.3 Å². The second-order valence-electron chi connectivity index (χ2n) is 6.07. The van der Waals surface area contributed by atoms with E-state index in [9.17, 15) is 9.59 Å². The van der Waals surface area contributed by atoms with Crippen LogP contribution in [0.5, 0.6) is 0 Å². The normalized spacial score (nSPS) is 27.9. The minimum Gasteiger partial charge on any atom is -0.380 e. The molecule has 2 N–H and O–H groups in total. The lowest BCUT2D eigenvalue weighted by atomic mass is 9.95. The zero-order valence-corrected chi connectivity index (χ0v) is 12.3. The Bertz CT molecular complexity index is 390. The number of urea groups is 2. The van der Waals surface area contributed by atoms with E-state index in [2.05, 4.69) is 15.5 Å². The van der Waals surface area contributed by atoms with Crippen molar-refractivity contribution >= 4 is 12.1 Å². The molecule has 3 fully saturated rings. The van der Waals surface area contributed by atoms with Gasteiger partial charge in [0.25, 0.3) is 0 Å². The molecule has 3 rings (SSSR count). The molecule has 3 saturated heterocycles. The summed E-state index contributed by atoms with van der Waals surface area (Å²) in [4.78, 5) is 27.0. The first-order chi connectivity index (χ1) is 10.2. The van der Waals surface area contributed by atoms with Crippen molar-refractivity contribution in [1.82, 2.24) is 20.4 Å². The Morgan fingerprint density at radius 1 is 1.29 bits per heavy atom. The number of imide groups is 1. The van der Waals surface area contributed by atoms with Crippen molar-refractivity contribution in [3.05, 3.63) is 0 Å². The van der Waals surface area contributed by atoms with Gasteiger partial charge in [-0.25, -0.2) is 14.5 Å². The number of hydrogen-bond acceptors (Lipinski definition) is 4. The summed E-state index contributed by atoms with van der Waals surface area (Å²) in [5.41, 5.74) is 0. The molecule has 0 radical (unpaired) electrons. The first-order valence-corrected chi connectivity index (χ1v) is 7.89. The summed E-state index contributed by atoms with van der Waals surface area (Å²) in [6.45, 7) is 5.60.